The smallest absolute Gasteiger partial charge is 0.431 e. The zero-order valence-corrected chi connectivity index (χ0v) is 10.6. The van der Waals surface area contributed by atoms with Crippen molar-refractivity contribution in [3.63, 3.8) is 0 Å². The third kappa shape index (κ3) is 2.61. The molecule has 2 rings (SSSR count). The molecule has 7 heteroatoms. The number of aromatic hydroxyl groups is 1. The number of halogens is 3. The van der Waals surface area contributed by atoms with E-state index in [4.69, 9.17) is 0 Å². The number of phenols is 1. The van der Waals surface area contributed by atoms with Crippen LogP contribution < -0.4 is 5.01 Å². The first-order chi connectivity index (χ1) is 9.34. The van der Waals surface area contributed by atoms with Gasteiger partial charge in [0.2, 0.25) is 0 Å². The summed E-state index contributed by atoms with van der Waals surface area (Å²) in [5, 5.41) is 14.0. The van der Waals surface area contributed by atoms with E-state index < -0.39 is 23.8 Å². The summed E-state index contributed by atoms with van der Waals surface area (Å²) in [6, 6.07) is 4.97. The predicted molar refractivity (Wildman–Crippen MR) is 67.7 cm³/mol. The Labute approximate surface area is 113 Å². The van der Waals surface area contributed by atoms with Crippen molar-refractivity contribution in [3.05, 3.63) is 24.3 Å². The Morgan fingerprint density at radius 1 is 1.35 bits per heavy atom. The number of anilines is 1. The van der Waals surface area contributed by atoms with Gasteiger partial charge in [0.05, 0.1) is 11.7 Å². The summed E-state index contributed by atoms with van der Waals surface area (Å²) in [4.78, 5) is 10.7. The fourth-order valence-electron chi connectivity index (χ4n) is 2.25. The summed E-state index contributed by atoms with van der Waals surface area (Å²) in [5.74, 6) is -0.887. The molecule has 1 aromatic carbocycles. The Bertz CT molecular complexity index is 525. The molecule has 0 radical (unpaired) electrons. The molecule has 0 saturated carbocycles. The number of hydrogen-bond donors (Lipinski definition) is 1. The summed E-state index contributed by atoms with van der Waals surface area (Å²) in [5.41, 5.74) is -0.488. The molecule has 1 unspecified atom stereocenters. The van der Waals surface area contributed by atoms with Crippen LogP contribution in [0.4, 0.5) is 18.9 Å². The van der Waals surface area contributed by atoms with Crippen LogP contribution in [0.2, 0.25) is 0 Å². The topological polar surface area (TPSA) is 52.9 Å². The van der Waals surface area contributed by atoms with Crippen LogP contribution in [-0.4, -0.2) is 29.3 Å². The molecule has 1 aromatic rings. The number of rotatable bonds is 3. The van der Waals surface area contributed by atoms with Crippen molar-refractivity contribution in [2.45, 2.75) is 25.6 Å². The van der Waals surface area contributed by atoms with E-state index in [1.54, 1.807) is 0 Å². The number of nitrogens with zero attached hydrogens (tertiary/aromatic N) is 2. The number of aldehydes is 1. The van der Waals surface area contributed by atoms with Crippen molar-refractivity contribution in [2.24, 2.45) is 11.0 Å². The molecule has 108 valence electrons. The van der Waals surface area contributed by atoms with Crippen molar-refractivity contribution in [2.75, 3.05) is 5.01 Å². The number of carbonyl (C=O) groups excluding carboxylic acids is 1. The average Bonchev–Trinajstić information content (AvgIpc) is 2.69. The molecule has 20 heavy (non-hydrogen) atoms. The number of hydrazone groups is 1. The van der Waals surface area contributed by atoms with Crippen molar-refractivity contribution in [3.8, 4) is 5.75 Å². The summed E-state index contributed by atoms with van der Waals surface area (Å²) in [7, 11) is 0. The van der Waals surface area contributed by atoms with Crippen LogP contribution in [-0.2, 0) is 4.79 Å². The Balaban J connectivity index is 2.39. The molecule has 2 atom stereocenters. The molecule has 4 nitrogen and oxygen atoms in total. The minimum absolute atomic E-state index is 0.00737. The minimum Gasteiger partial charge on any atom is -0.508 e. The fourth-order valence-corrected chi connectivity index (χ4v) is 2.25. The highest BCUT2D eigenvalue weighted by atomic mass is 19.4. The second-order valence-corrected chi connectivity index (χ2v) is 4.60. The molecule has 0 amide bonds. The molecule has 0 spiro atoms. The number of benzene rings is 1. The number of carbonyl (C=O) groups is 1. The lowest BCUT2D eigenvalue weighted by Crippen LogP contribution is -2.35. The van der Waals surface area contributed by atoms with Gasteiger partial charge < -0.3 is 9.90 Å². The summed E-state index contributed by atoms with van der Waals surface area (Å²) < 4.78 is 38.7. The monoisotopic (exact) mass is 286 g/mol. The zero-order chi connectivity index (χ0) is 14.9. The molecule has 1 heterocycles. The van der Waals surface area contributed by atoms with E-state index in [9.17, 15) is 23.1 Å². The largest absolute Gasteiger partial charge is 0.508 e. The van der Waals surface area contributed by atoms with Gasteiger partial charge in [0, 0.05) is 12.3 Å². The van der Waals surface area contributed by atoms with Crippen LogP contribution >= 0.6 is 0 Å². The van der Waals surface area contributed by atoms with Gasteiger partial charge in [0.25, 0.3) is 0 Å². The van der Waals surface area contributed by atoms with E-state index in [0.717, 1.165) is 0 Å². The van der Waals surface area contributed by atoms with Crippen LogP contribution in [0, 0.1) is 5.92 Å². The van der Waals surface area contributed by atoms with Crippen molar-refractivity contribution < 1.29 is 23.1 Å². The predicted octanol–water partition coefficient (Wildman–Crippen LogP) is 2.72. The van der Waals surface area contributed by atoms with Gasteiger partial charge in [0.15, 0.2) is 0 Å². The molecule has 1 aliphatic heterocycles. The van der Waals surface area contributed by atoms with Crippen LogP contribution in [0.3, 0.4) is 0 Å². The summed E-state index contributed by atoms with van der Waals surface area (Å²) >= 11 is 0. The lowest BCUT2D eigenvalue weighted by molar-refractivity contribution is -0.108. The molecule has 1 aliphatic rings. The van der Waals surface area contributed by atoms with E-state index >= 15 is 0 Å². The van der Waals surface area contributed by atoms with Gasteiger partial charge in [-0.1, -0.05) is 6.92 Å². The normalized spacial score (nSPS) is 22.8. The molecule has 0 aliphatic carbocycles. The van der Waals surface area contributed by atoms with Gasteiger partial charge in [-0.2, -0.15) is 18.3 Å². The van der Waals surface area contributed by atoms with Gasteiger partial charge in [-0.3, -0.25) is 5.01 Å². The molecule has 0 fully saturated rings. The van der Waals surface area contributed by atoms with Gasteiger partial charge in [-0.25, -0.2) is 0 Å². The summed E-state index contributed by atoms with van der Waals surface area (Å²) in [6.07, 6.45) is -3.99. The standard InChI is InChI=1S/C13H13F3N2O2/c1-8-11(6-7-19)18(17-12(8)13(14,15)16)9-2-4-10(20)5-3-9/h2-5,7-8,11,20H,6H2,1H3/t8?,11-/m0/s1. The van der Waals surface area contributed by atoms with Crippen LogP contribution in [0.25, 0.3) is 0 Å². The first-order valence-electron chi connectivity index (χ1n) is 6.02. The fraction of sp³-hybridized carbons (Fsp3) is 0.385. The molecule has 0 bridgehead atoms. The first-order valence-corrected chi connectivity index (χ1v) is 6.02. The Hall–Kier alpha value is -2.05. The number of hydrogen-bond acceptors (Lipinski definition) is 4. The van der Waals surface area contributed by atoms with E-state index in [-0.39, 0.29) is 12.2 Å². The Morgan fingerprint density at radius 2 is 1.95 bits per heavy atom. The van der Waals surface area contributed by atoms with E-state index in [1.165, 1.54) is 36.2 Å². The Morgan fingerprint density at radius 3 is 2.45 bits per heavy atom. The van der Waals surface area contributed by atoms with E-state index in [1.807, 2.05) is 0 Å². The highest BCUT2D eigenvalue weighted by molar-refractivity contribution is 5.95. The molecule has 0 aromatic heterocycles. The van der Waals surface area contributed by atoms with Gasteiger partial charge >= 0.3 is 6.18 Å². The highest BCUT2D eigenvalue weighted by Gasteiger charge is 2.48. The maximum absolute atomic E-state index is 12.9. The van der Waals surface area contributed by atoms with Gasteiger partial charge in [0.1, 0.15) is 17.7 Å². The lowest BCUT2D eigenvalue weighted by Gasteiger charge is -2.24. The second-order valence-electron chi connectivity index (χ2n) is 4.60. The van der Waals surface area contributed by atoms with E-state index in [2.05, 4.69) is 5.10 Å². The zero-order valence-electron chi connectivity index (χ0n) is 10.6. The van der Waals surface area contributed by atoms with Crippen LogP contribution in [0.1, 0.15) is 13.3 Å². The van der Waals surface area contributed by atoms with Crippen LogP contribution in [0.15, 0.2) is 29.4 Å². The number of phenolic OH excluding ortho intramolecular Hbond substituents is 1. The lowest BCUT2D eigenvalue weighted by atomic mass is 9.95. The molecular formula is C13H13F3N2O2. The quantitative estimate of drug-likeness (QED) is 0.869. The molecular weight excluding hydrogens is 273 g/mol. The third-order valence-corrected chi connectivity index (χ3v) is 3.28. The highest BCUT2D eigenvalue weighted by Crippen LogP contribution is 2.36. The molecule has 0 saturated heterocycles. The van der Waals surface area contributed by atoms with Crippen molar-refractivity contribution in [1.29, 1.82) is 0 Å². The maximum Gasteiger partial charge on any atom is 0.431 e. The third-order valence-electron chi connectivity index (χ3n) is 3.28. The molecule has 1 N–H and O–H groups in total. The second kappa shape index (κ2) is 5.15. The first kappa shape index (κ1) is 14.4. The SMILES string of the molecule is CC1C(C(F)(F)F)=NN(c2ccc(O)cc2)[C@H]1CC=O. The average molecular weight is 286 g/mol. The van der Waals surface area contributed by atoms with Crippen molar-refractivity contribution in [1.82, 2.24) is 0 Å². The van der Waals surface area contributed by atoms with E-state index in [0.29, 0.717) is 12.0 Å². The van der Waals surface area contributed by atoms with Crippen LogP contribution in [0.5, 0.6) is 5.75 Å². The van der Waals surface area contributed by atoms with Gasteiger partial charge in [-0.05, 0) is 24.3 Å². The Kier molecular flexibility index (Phi) is 3.69. The van der Waals surface area contributed by atoms with Gasteiger partial charge in [-0.15, -0.1) is 0 Å². The minimum atomic E-state index is -4.52. The number of alkyl halides is 3. The van der Waals surface area contributed by atoms with Crippen molar-refractivity contribution >= 4 is 17.7 Å². The maximum atomic E-state index is 12.9. The summed E-state index contributed by atoms with van der Waals surface area (Å²) in [6.45, 7) is 1.40.